The summed E-state index contributed by atoms with van der Waals surface area (Å²) in [6.07, 6.45) is 3.41. The summed E-state index contributed by atoms with van der Waals surface area (Å²) >= 11 is 0. The Balaban J connectivity index is 1.86. The van der Waals surface area contributed by atoms with Crippen molar-refractivity contribution in [2.24, 2.45) is 0 Å². The van der Waals surface area contributed by atoms with Gasteiger partial charge in [0.25, 0.3) is 11.8 Å². The Labute approximate surface area is 171 Å². The van der Waals surface area contributed by atoms with Crippen molar-refractivity contribution in [2.45, 2.75) is 26.3 Å². The molecule has 1 aromatic heterocycles. The van der Waals surface area contributed by atoms with E-state index in [1.807, 2.05) is 60.7 Å². The molecule has 0 saturated heterocycles. The molecule has 0 aliphatic rings. The van der Waals surface area contributed by atoms with E-state index in [0.29, 0.717) is 18.7 Å². The van der Waals surface area contributed by atoms with Gasteiger partial charge in [-0.25, -0.2) is 0 Å². The molecule has 148 valence electrons. The Morgan fingerprint density at radius 2 is 1.66 bits per heavy atom. The number of benzene rings is 2. The van der Waals surface area contributed by atoms with Crippen LogP contribution in [-0.2, 0) is 6.54 Å². The fourth-order valence-electron chi connectivity index (χ4n) is 2.97. The summed E-state index contributed by atoms with van der Waals surface area (Å²) in [5.41, 5.74) is 2.50. The molecule has 3 aromatic rings. The number of hydrogen-bond donors (Lipinski definition) is 1. The largest absolute Gasteiger partial charge is 0.351 e. The zero-order valence-corrected chi connectivity index (χ0v) is 16.5. The number of rotatable bonds is 8. The molecule has 2 aromatic carbocycles. The Hall–Kier alpha value is -3.47. The van der Waals surface area contributed by atoms with Crippen molar-refractivity contribution < 1.29 is 9.59 Å². The summed E-state index contributed by atoms with van der Waals surface area (Å²) in [7, 11) is 0. The molecule has 5 nitrogen and oxygen atoms in total. The summed E-state index contributed by atoms with van der Waals surface area (Å²) in [6.45, 7) is 3.10. The third kappa shape index (κ3) is 5.51. The molecule has 0 radical (unpaired) electrons. The SMILES string of the molecule is CCCCNC(=O)c1cc(C(=O)N(Cc2ccccc2)c2ccccc2)ccn1. The highest BCUT2D eigenvalue weighted by atomic mass is 16.2. The van der Waals surface area contributed by atoms with Crippen molar-refractivity contribution in [3.8, 4) is 0 Å². The van der Waals surface area contributed by atoms with Crippen LogP contribution in [0.3, 0.4) is 0 Å². The molecule has 0 atom stereocenters. The minimum absolute atomic E-state index is 0.176. The molecule has 0 aliphatic carbocycles. The Kier molecular flexibility index (Phi) is 7.11. The third-order valence-corrected chi connectivity index (χ3v) is 4.55. The molecule has 2 amide bonds. The summed E-state index contributed by atoms with van der Waals surface area (Å²) in [6, 6.07) is 22.6. The lowest BCUT2D eigenvalue weighted by Crippen LogP contribution is -2.31. The number of unbranched alkanes of at least 4 members (excludes halogenated alkanes) is 1. The monoisotopic (exact) mass is 387 g/mol. The zero-order valence-electron chi connectivity index (χ0n) is 16.5. The van der Waals surface area contributed by atoms with Crippen LogP contribution in [0.25, 0.3) is 0 Å². The van der Waals surface area contributed by atoms with Crippen LogP contribution in [0.5, 0.6) is 0 Å². The number of anilines is 1. The second-order valence-corrected chi connectivity index (χ2v) is 6.75. The Morgan fingerprint density at radius 3 is 2.34 bits per heavy atom. The average Bonchev–Trinajstić information content (AvgIpc) is 2.78. The second-order valence-electron chi connectivity index (χ2n) is 6.75. The van der Waals surface area contributed by atoms with Gasteiger partial charge in [-0.3, -0.25) is 14.6 Å². The van der Waals surface area contributed by atoms with E-state index >= 15 is 0 Å². The molecular formula is C24H25N3O2. The van der Waals surface area contributed by atoms with Crippen LogP contribution in [0.2, 0.25) is 0 Å². The van der Waals surface area contributed by atoms with Crippen LogP contribution in [0.15, 0.2) is 79.0 Å². The molecule has 0 unspecified atom stereocenters. The molecule has 1 N–H and O–H groups in total. The van der Waals surface area contributed by atoms with E-state index in [1.54, 1.807) is 17.0 Å². The summed E-state index contributed by atoms with van der Waals surface area (Å²) in [4.78, 5) is 31.5. The van der Waals surface area contributed by atoms with E-state index in [-0.39, 0.29) is 17.5 Å². The van der Waals surface area contributed by atoms with E-state index in [2.05, 4.69) is 17.2 Å². The number of pyridine rings is 1. The minimum Gasteiger partial charge on any atom is -0.351 e. The maximum absolute atomic E-state index is 13.4. The summed E-state index contributed by atoms with van der Waals surface area (Å²) < 4.78 is 0. The molecule has 0 bridgehead atoms. The first kappa shape index (κ1) is 20.3. The van der Waals surface area contributed by atoms with Crippen LogP contribution < -0.4 is 10.2 Å². The molecule has 1 heterocycles. The van der Waals surface area contributed by atoms with Gasteiger partial charge in [0, 0.05) is 24.0 Å². The predicted molar refractivity (Wildman–Crippen MR) is 115 cm³/mol. The van der Waals surface area contributed by atoms with Crippen molar-refractivity contribution in [3.63, 3.8) is 0 Å². The highest BCUT2D eigenvalue weighted by molar-refractivity contribution is 6.07. The lowest BCUT2D eigenvalue weighted by molar-refractivity contribution is 0.0948. The van der Waals surface area contributed by atoms with Gasteiger partial charge in [-0.2, -0.15) is 0 Å². The number of para-hydroxylation sites is 1. The van der Waals surface area contributed by atoms with Gasteiger partial charge in [0.15, 0.2) is 0 Å². The average molecular weight is 387 g/mol. The van der Waals surface area contributed by atoms with Gasteiger partial charge in [-0.05, 0) is 36.2 Å². The van der Waals surface area contributed by atoms with Crippen molar-refractivity contribution in [1.29, 1.82) is 0 Å². The maximum Gasteiger partial charge on any atom is 0.269 e. The summed E-state index contributed by atoms with van der Waals surface area (Å²) in [5, 5.41) is 2.84. The van der Waals surface area contributed by atoms with Gasteiger partial charge in [0.05, 0.1) is 6.54 Å². The van der Waals surface area contributed by atoms with E-state index in [1.165, 1.54) is 6.20 Å². The molecule has 29 heavy (non-hydrogen) atoms. The van der Waals surface area contributed by atoms with Gasteiger partial charge >= 0.3 is 0 Å². The molecular weight excluding hydrogens is 362 g/mol. The van der Waals surface area contributed by atoms with Crippen molar-refractivity contribution in [2.75, 3.05) is 11.4 Å². The quantitative estimate of drug-likeness (QED) is 0.581. The lowest BCUT2D eigenvalue weighted by atomic mass is 10.1. The van der Waals surface area contributed by atoms with E-state index < -0.39 is 0 Å². The molecule has 0 aliphatic heterocycles. The fourth-order valence-corrected chi connectivity index (χ4v) is 2.97. The van der Waals surface area contributed by atoms with Crippen LogP contribution in [-0.4, -0.2) is 23.3 Å². The van der Waals surface area contributed by atoms with Crippen LogP contribution in [0.1, 0.15) is 46.2 Å². The molecule has 5 heteroatoms. The van der Waals surface area contributed by atoms with Gasteiger partial charge in [0.1, 0.15) is 5.69 Å². The molecule has 0 saturated carbocycles. The Bertz CT molecular complexity index is 943. The smallest absolute Gasteiger partial charge is 0.269 e. The van der Waals surface area contributed by atoms with Crippen LogP contribution in [0.4, 0.5) is 5.69 Å². The number of hydrogen-bond acceptors (Lipinski definition) is 3. The van der Waals surface area contributed by atoms with Crippen LogP contribution >= 0.6 is 0 Å². The Morgan fingerprint density at radius 1 is 0.966 bits per heavy atom. The van der Waals surface area contributed by atoms with Crippen molar-refractivity contribution in [1.82, 2.24) is 10.3 Å². The van der Waals surface area contributed by atoms with Gasteiger partial charge < -0.3 is 10.2 Å². The number of carbonyl (C=O) groups is 2. The third-order valence-electron chi connectivity index (χ3n) is 4.55. The van der Waals surface area contributed by atoms with Gasteiger partial charge in [-0.15, -0.1) is 0 Å². The van der Waals surface area contributed by atoms with Crippen LogP contribution in [0, 0.1) is 0 Å². The normalized spacial score (nSPS) is 10.4. The fraction of sp³-hybridized carbons (Fsp3) is 0.208. The predicted octanol–water partition coefficient (Wildman–Crippen LogP) is 4.46. The maximum atomic E-state index is 13.4. The van der Waals surface area contributed by atoms with Gasteiger partial charge in [0.2, 0.25) is 0 Å². The topological polar surface area (TPSA) is 62.3 Å². The minimum atomic E-state index is -0.262. The van der Waals surface area contributed by atoms with E-state index in [9.17, 15) is 9.59 Å². The van der Waals surface area contributed by atoms with E-state index in [0.717, 1.165) is 24.1 Å². The number of aromatic nitrogens is 1. The number of amides is 2. The first-order chi connectivity index (χ1) is 14.2. The van der Waals surface area contributed by atoms with Gasteiger partial charge in [-0.1, -0.05) is 61.9 Å². The number of nitrogens with zero attached hydrogens (tertiary/aromatic N) is 2. The highest BCUT2D eigenvalue weighted by Gasteiger charge is 2.20. The number of nitrogens with one attached hydrogen (secondary N) is 1. The first-order valence-corrected chi connectivity index (χ1v) is 9.84. The zero-order chi connectivity index (χ0) is 20.5. The highest BCUT2D eigenvalue weighted by Crippen LogP contribution is 2.20. The van der Waals surface area contributed by atoms with E-state index in [4.69, 9.17) is 0 Å². The van der Waals surface area contributed by atoms with Crippen molar-refractivity contribution >= 4 is 17.5 Å². The molecule has 0 fully saturated rings. The molecule has 0 spiro atoms. The second kappa shape index (κ2) is 10.2. The lowest BCUT2D eigenvalue weighted by Gasteiger charge is -2.23. The van der Waals surface area contributed by atoms with Crippen molar-refractivity contribution in [3.05, 3.63) is 95.8 Å². The summed E-state index contributed by atoms with van der Waals surface area (Å²) in [5.74, 6) is -0.438. The first-order valence-electron chi connectivity index (χ1n) is 9.84. The molecule has 3 rings (SSSR count). The standard InChI is InChI=1S/C24H25N3O2/c1-2-3-15-26-23(28)22-17-20(14-16-25-22)24(29)27(21-12-8-5-9-13-21)18-19-10-6-4-7-11-19/h4-14,16-17H,2-3,15,18H2,1H3,(H,26,28). The number of carbonyl (C=O) groups excluding carboxylic acids is 2.